The largest absolute Gasteiger partial charge is 0.463 e. The first kappa shape index (κ1) is 7.82. The molecule has 0 radical (unpaired) electrons. The Morgan fingerprint density at radius 2 is 2.60 bits per heavy atom. The summed E-state index contributed by atoms with van der Waals surface area (Å²) < 4.78 is 9.63. The van der Waals surface area contributed by atoms with E-state index < -0.39 is 6.10 Å². The third kappa shape index (κ3) is 1.41. The standard InChI is InChI=1S/C6H9ClO3/c1-4-2-9-6(8)5(4)10-3-7/h4-5H,2-3H2,1H3. The fourth-order valence-electron chi connectivity index (χ4n) is 0.916. The molecule has 2 atom stereocenters. The summed E-state index contributed by atoms with van der Waals surface area (Å²) in [6.45, 7) is 2.34. The lowest BCUT2D eigenvalue weighted by Crippen LogP contribution is -2.23. The lowest BCUT2D eigenvalue weighted by Gasteiger charge is -2.07. The Morgan fingerprint density at radius 1 is 1.90 bits per heavy atom. The molecule has 10 heavy (non-hydrogen) atoms. The summed E-state index contributed by atoms with van der Waals surface area (Å²) >= 11 is 5.28. The van der Waals surface area contributed by atoms with Gasteiger partial charge in [-0.05, 0) is 0 Å². The van der Waals surface area contributed by atoms with Crippen LogP contribution in [0.15, 0.2) is 0 Å². The molecule has 0 spiro atoms. The Bertz CT molecular complexity index is 137. The Hall–Kier alpha value is -0.280. The number of rotatable bonds is 2. The molecule has 1 fully saturated rings. The molecule has 0 amide bonds. The molecule has 1 aliphatic heterocycles. The molecule has 1 rings (SSSR count). The van der Waals surface area contributed by atoms with Gasteiger partial charge >= 0.3 is 5.97 Å². The van der Waals surface area contributed by atoms with Crippen LogP contribution in [-0.2, 0) is 14.3 Å². The first-order valence-electron chi connectivity index (χ1n) is 3.10. The van der Waals surface area contributed by atoms with Crippen LogP contribution in [0.2, 0.25) is 0 Å². The smallest absolute Gasteiger partial charge is 0.335 e. The summed E-state index contributed by atoms with van der Waals surface area (Å²) in [4.78, 5) is 10.8. The average Bonchev–Trinajstić information content (AvgIpc) is 2.20. The van der Waals surface area contributed by atoms with Gasteiger partial charge in [-0.2, -0.15) is 0 Å². The first-order chi connectivity index (χ1) is 4.75. The van der Waals surface area contributed by atoms with Gasteiger partial charge < -0.3 is 9.47 Å². The molecule has 0 aromatic rings. The molecular formula is C6H9ClO3. The van der Waals surface area contributed by atoms with E-state index in [-0.39, 0.29) is 18.0 Å². The lowest BCUT2D eigenvalue weighted by atomic mass is 10.1. The van der Waals surface area contributed by atoms with E-state index in [2.05, 4.69) is 0 Å². The van der Waals surface area contributed by atoms with E-state index in [1.807, 2.05) is 6.92 Å². The molecule has 0 bridgehead atoms. The van der Waals surface area contributed by atoms with Crippen LogP contribution >= 0.6 is 11.6 Å². The van der Waals surface area contributed by atoms with Crippen LogP contribution in [0.1, 0.15) is 6.92 Å². The van der Waals surface area contributed by atoms with Gasteiger partial charge in [-0.3, -0.25) is 0 Å². The molecule has 0 saturated carbocycles. The Kier molecular flexibility index (Phi) is 2.51. The quantitative estimate of drug-likeness (QED) is 0.447. The van der Waals surface area contributed by atoms with Gasteiger partial charge in [-0.1, -0.05) is 18.5 Å². The van der Waals surface area contributed by atoms with Crippen LogP contribution in [-0.4, -0.2) is 24.7 Å². The van der Waals surface area contributed by atoms with Gasteiger partial charge in [-0.25, -0.2) is 4.79 Å². The molecule has 1 aliphatic rings. The van der Waals surface area contributed by atoms with Gasteiger partial charge in [0.25, 0.3) is 0 Å². The van der Waals surface area contributed by atoms with Crippen LogP contribution in [0.25, 0.3) is 0 Å². The van der Waals surface area contributed by atoms with E-state index in [1.165, 1.54) is 0 Å². The number of carbonyl (C=O) groups excluding carboxylic acids is 1. The monoisotopic (exact) mass is 164 g/mol. The summed E-state index contributed by atoms with van der Waals surface area (Å²) in [5, 5.41) is 0. The molecule has 0 aliphatic carbocycles. The molecule has 0 aromatic heterocycles. The zero-order valence-electron chi connectivity index (χ0n) is 5.67. The summed E-state index contributed by atoms with van der Waals surface area (Å²) in [5.41, 5.74) is 0. The predicted molar refractivity (Wildman–Crippen MR) is 35.7 cm³/mol. The Balaban J connectivity index is 2.46. The molecule has 0 N–H and O–H groups in total. The number of alkyl halides is 1. The lowest BCUT2D eigenvalue weighted by molar-refractivity contribution is -0.146. The van der Waals surface area contributed by atoms with E-state index in [0.717, 1.165) is 0 Å². The Labute approximate surface area is 64.3 Å². The highest BCUT2D eigenvalue weighted by Crippen LogP contribution is 2.17. The summed E-state index contributed by atoms with van der Waals surface area (Å²) in [7, 11) is 0. The highest BCUT2D eigenvalue weighted by Gasteiger charge is 2.34. The van der Waals surface area contributed by atoms with Crippen LogP contribution < -0.4 is 0 Å². The van der Waals surface area contributed by atoms with Crippen molar-refractivity contribution in [2.24, 2.45) is 5.92 Å². The number of ether oxygens (including phenoxy) is 2. The highest BCUT2D eigenvalue weighted by molar-refractivity contribution is 6.17. The van der Waals surface area contributed by atoms with Gasteiger partial charge in [0.15, 0.2) is 6.10 Å². The third-order valence-corrected chi connectivity index (χ3v) is 1.61. The minimum atomic E-state index is -0.447. The fraction of sp³-hybridized carbons (Fsp3) is 0.833. The van der Waals surface area contributed by atoms with Crippen molar-refractivity contribution in [3.63, 3.8) is 0 Å². The molecular weight excluding hydrogens is 156 g/mol. The topological polar surface area (TPSA) is 35.5 Å². The minimum absolute atomic E-state index is 0.0457. The van der Waals surface area contributed by atoms with Crippen molar-refractivity contribution in [1.29, 1.82) is 0 Å². The predicted octanol–water partition coefficient (Wildman–Crippen LogP) is 0.761. The van der Waals surface area contributed by atoms with E-state index >= 15 is 0 Å². The summed E-state index contributed by atoms with van der Waals surface area (Å²) in [5.74, 6) is -0.167. The van der Waals surface area contributed by atoms with Crippen LogP contribution in [0.5, 0.6) is 0 Å². The normalized spacial score (nSPS) is 32.4. The number of cyclic esters (lactones) is 1. The maximum atomic E-state index is 10.8. The molecule has 3 nitrogen and oxygen atoms in total. The van der Waals surface area contributed by atoms with Crippen LogP contribution in [0.3, 0.4) is 0 Å². The number of halogens is 1. The second-order valence-corrected chi connectivity index (χ2v) is 2.52. The van der Waals surface area contributed by atoms with Crippen molar-refractivity contribution in [2.45, 2.75) is 13.0 Å². The zero-order chi connectivity index (χ0) is 7.56. The van der Waals surface area contributed by atoms with E-state index in [0.29, 0.717) is 6.61 Å². The zero-order valence-corrected chi connectivity index (χ0v) is 6.43. The van der Waals surface area contributed by atoms with Gasteiger partial charge in [0, 0.05) is 5.92 Å². The number of hydrogen-bond acceptors (Lipinski definition) is 3. The number of hydrogen-bond donors (Lipinski definition) is 0. The van der Waals surface area contributed by atoms with Gasteiger partial charge in [-0.15, -0.1) is 0 Å². The molecule has 1 saturated heterocycles. The van der Waals surface area contributed by atoms with Crippen molar-refractivity contribution in [1.82, 2.24) is 0 Å². The first-order valence-corrected chi connectivity index (χ1v) is 3.63. The van der Waals surface area contributed by atoms with Gasteiger partial charge in [0.1, 0.15) is 6.07 Å². The second kappa shape index (κ2) is 3.21. The van der Waals surface area contributed by atoms with Crippen LogP contribution in [0.4, 0.5) is 0 Å². The molecule has 2 unspecified atom stereocenters. The van der Waals surface area contributed by atoms with Crippen molar-refractivity contribution in [2.75, 3.05) is 12.7 Å². The number of carbonyl (C=O) groups is 1. The molecule has 0 aromatic carbocycles. The number of esters is 1. The second-order valence-electron chi connectivity index (χ2n) is 2.30. The maximum absolute atomic E-state index is 10.8. The van der Waals surface area contributed by atoms with Crippen molar-refractivity contribution >= 4 is 17.6 Å². The molecule has 58 valence electrons. The van der Waals surface area contributed by atoms with Gasteiger partial charge in [0.2, 0.25) is 0 Å². The average molecular weight is 165 g/mol. The van der Waals surface area contributed by atoms with E-state index in [9.17, 15) is 4.79 Å². The van der Waals surface area contributed by atoms with E-state index in [1.54, 1.807) is 0 Å². The minimum Gasteiger partial charge on any atom is -0.463 e. The summed E-state index contributed by atoms with van der Waals surface area (Å²) in [6, 6.07) is 0.0457. The highest BCUT2D eigenvalue weighted by atomic mass is 35.5. The maximum Gasteiger partial charge on any atom is 0.335 e. The SMILES string of the molecule is CC1COC(=O)C1OCCl. The van der Waals surface area contributed by atoms with E-state index in [4.69, 9.17) is 21.1 Å². The van der Waals surface area contributed by atoms with Crippen molar-refractivity contribution in [3.8, 4) is 0 Å². The molecule has 1 heterocycles. The van der Waals surface area contributed by atoms with Gasteiger partial charge in [0.05, 0.1) is 6.61 Å². The summed E-state index contributed by atoms with van der Waals surface area (Å²) in [6.07, 6.45) is -0.447. The Morgan fingerprint density at radius 3 is 3.00 bits per heavy atom. The van der Waals surface area contributed by atoms with Crippen molar-refractivity contribution < 1.29 is 14.3 Å². The molecule has 4 heteroatoms. The van der Waals surface area contributed by atoms with Crippen molar-refractivity contribution in [3.05, 3.63) is 0 Å². The van der Waals surface area contributed by atoms with Crippen LogP contribution in [0, 0.1) is 5.92 Å². The third-order valence-electron chi connectivity index (χ3n) is 1.48. The fourth-order valence-corrected chi connectivity index (χ4v) is 1.05.